The van der Waals surface area contributed by atoms with Crippen molar-refractivity contribution in [3.05, 3.63) is 134 Å². The molecule has 0 amide bonds. The molecule has 3 aromatic carbocycles. The van der Waals surface area contributed by atoms with E-state index in [0.717, 1.165) is 11.3 Å². The topological polar surface area (TPSA) is 97.6 Å². The van der Waals surface area contributed by atoms with Gasteiger partial charge in [-0.3, -0.25) is 24.5 Å². The van der Waals surface area contributed by atoms with Gasteiger partial charge in [0.1, 0.15) is 11.5 Å². The maximum atomic E-state index is 14.5. The number of anilines is 1. The molecule has 3 heterocycles. The molecule has 4 aromatic rings. The highest BCUT2D eigenvalue weighted by Crippen LogP contribution is 2.61. The molecule has 1 fully saturated rings. The van der Waals surface area contributed by atoms with E-state index in [0.29, 0.717) is 21.6 Å². The quantitative estimate of drug-likeness (QED) is 0.139. The molecule has 7 nitrogen and oxygen atoms in total. The molecule has 39 heavy (non-hydrogen) atoms. The number of fused-ring (bicyclic) bond motifs is 5. The Morgan fingerprint density at radius 3 is 2.18 bits per heavy atom. The molecule has 1 aliphatic carbocycles. The van der Waals surface area contributed by atoms with Crippen LogP contribution in [0.1, 0.15) is 47.4 Å². The maximum Gasteiger partial charge on any atom is 0.269 e. The fraction of sp³-hybridized carbons (Fsp3) is 0.129. The molecule has 3 aliphatic rings. The first-order chi connectivity index (χ1) is 18.9. The molecule has 3 atom stereocenters. The number of thiophene rings is 1. The first-order valence-electron chi connectivity index (χ1n) is 12.5. The van der Waals surface area contributed by atoms with Gasteiger partial charge in [-0.25, -0.2) is 0 Å². The molecule has 0 N–H and O–H groups in total. The number of Topliss-reactive ketones (excluding diaryl/α,β-unsaturated/α-hetero) is 3. The Kier molecular flexibility index (Phi) is 5.05. The zero-order chi connectivity index (χ0) is 26.9. The fourth-order valence-electron chi connectivity index (χ4n) is 6.66. The van der Waals surface area contributed by atoms with E-state index in [1.807, 2.05) is 46.7 Å². The van der Waals surface area contributed by atoms with Crippen LogP contribution in [0.2, 0.25) is 0 Å². The molecule has 1 aromatic heterocycles. The zero-order valence-corrected chi connectivity index (χ0v) is 21.2. The lowest BCUT2D eigenvalue weighted by atomic mass is 9.64. The molecule has 190 valence electrons. The Balaban J connectivity index is 1.54. The summed E-state index contributed by atoms with van der Waals surface area (Å²) in [4.78, 5) is 56.8. The average molecular weight is 533 g/mol. The normalized spacial score (nSPS) is 22.1. The summed E-state index contributed by atoms with van der Waals surface area (Å²) in [6.07, 6.45) is 3.77. The second-order valence-electron chi connectivity index (χ2n) is 9.96. The number of para-hydroxylation sites is 1. The molecule has 7 rings (SSSR count). The Labute approximate surface area is 227 Å². The van der Waals surface area contributed by atoms with E-state index in [2.05, 4.69) is 0 Å². The number of nitro groups is 1. The molecule has 8 heteroatoms. The van der Waals surface area contributed by atoms with Gasteiger partial charge in [-0.05, 0) is 28.6 Å². The summed E-state index contributed by atoms with van der Waals surface area (Å²) in [5.41, 5.74) is 1.12. The van der Waals surface area contributed by atoms with E-state index < -0.39 is 28.3 Å². The minimum Gasteiger partial charge on any atom is -0.352 e. The van der Waals surface area contributed by atoms with Gasteiger partial charge in [0.2, 0.25) is 0 Å². The number of non-ortho nitro benzene ring substituents is 1. The lowest BCUT2D eigenvalue weighted by Crippen LogP contribution is -2.48. The van der Waals surface area contributed by atoms with Gasteiger partial charge < -0.3 is 4.90 Å². The van der Waals surface area contributed by atoms with Crippen molar-refractivity contribution in [1.29, 1.82) is 0 Å². The van der Waals surface area contributed by atoms with Gasteiger partial charge in [0.15, 0.2) is 17.3 Å². The maximum absolute atomic E-state index is 14.5. The first kappa shape index (κ1) is 23.4. The minimum absolute atomic E-state index is 0.109. The van der Waals surface area contributed by atoms with Crippen LogP contribution in [0, 0.1) is 15.5 Å². The van der Waals surface area contributed by atoms with Gasteiger partial charge in [-0.2, -0.15) is 0 Å². The van der Waals surface area contributed by atoms with Crippen LogP contribution in [-0.4, -0.2) is 34.4 Å². The Morgan fingerprint density at radius 2 is 1.54 bits per heavy atom. The zero-order valence-electron chi connectivity index (χ0n) is 20.4. The SMILES string of the molecule is O=C(c1cccs1)[C@@H]1[C@H](c2ccc([N+](=O)[O-])cc2)C2(C(=O)c3ccccc3C2=O)[C@H]2C=Cc3ccccc3N12. The van der Waals surface area contributed by atoms with Crippen LogP contribution in [0.25, 0.3) is 6.08 Å². The lowest BCUT2D eigenvalue weighted by molar-refractivity contribution is -0.384. The summed E-state index contributed by atoms with van der Waals surface area (Å²) in [5, 5.41) is 13.3. The van der Waals surface area contributed by atoms with E-state index >= 15 is 0 Å². The van der Waals surface area contributed by atoms with Crippen molar-refractivity contribution in [2.45, 2.75) is 18.0 Å². The second kappa shape index (κ2) is 8.41. The van der Waals surface area contributed by atoms with Gasteiger partial charge >= 0.3 is 0 Å². The van der Waals surface area contributed by atoms with E-state index in [4.69, 9.17) is 0 Å². The van der Waals surface area contributed by atoms with Crippen LogP contribution in [0.15, 0.2) is 96.4 Å². The van der Waals surface area contributed by atoms with Crippen LogP contribution in [0.5, 0.6) is 0 Å². The first-order valence-corrected chi connectivity index (χ1v) is 13.4. The lowest BCUT2D eigenvalue weighted by Gasteiger charge is -2.37. The van der Waals surface area contributed by atoms with Crippen molar-refractivity contribution in [3.8, 4) is 0 Å². The van der Waals surface area contributed by atoms with Gasteiger partial charge in [0.25, 0.3) is 5.69 Å². The summed E-state index contributed by atoms with van der Waals surface area (Å²) in [6.45, 7) is 0. The number of carbonyl (C=O) groups excluding carboxylic acids is 3. The largest absolute Gasteiger partial charge is 0.352 e. The monoisotopic (exact) mass is 532 g/mol. The number of carbonyl (C=O) groups is 3. The molecular weight excluding hydrogens is 512 g/mol. The van der Waals surface area contributed by atoms with Crippen LogP contribution >= 0.6 is 11.3 Å². The number of nitro benzene ring substituents is 1. The summed E-state index contributed by atoms with van der Waals surface area (Å²) in [7, 11) is 0. The van der Waals surface area contributed by atoms with Crippen molar-refractivity contribution in [2.24, 2.45) is 5.41 Å². The third-order valence-electron chi connectivity index (χ3n) is 8.21. The number of hydrogen-bond donors (Lipinski definition) is 0. The van der Waals surface area contributed by atoms with E-state index in [1.54, 1.807) is 48.5 Å². The molecular formula is C31H20N2O5S. The Bertz CT molecular complexity index is 1690. The third kappa shape index (κ3) is 3.06. The molecule has 0 radical (unpaired) electrons. The summed E-state index contributed by atoms with van der Waals surface area (Å²) in [5.74, 6) is -1.74. The number of benzene rings is 3. The molecule has 0 unspecified atom stereocenters. The Hall–Kier alpha value is -4.69. The van der Waals surface area contributed by atoms with E-state index in [1.165, 1.54) is 23.5 Å². The van der Waals surface area contributed by atoms with Gasteiger partial charge in [-0.15, -0.1) is 11.3 Å². The number of hydrogen-bond acceptors (Lipinski definition) is 7. The fourth-order valence-corrected chi connectivity index (χ4v) is 7.36. The molecule has 2 aliphatic heterocycles. The predicted molar refractivity (Wildman–Crippen MR) is 148 cm³/mol. The minimum atomic E-state index is -1.62. The van der Waals surface area contributed by atoms with Gasteiger partial charge in [-0.1, -0.05) is 72.8 Å². The highest BCUT2D eigenvalue weighted by molar-refractivity contribution is 7.12. The highest BCUT2D eigenvalue weighted by atomic mass is 32.1. The second-order valence-corrected chi connectivity index (χ2v) is 10.9. The summed E-state index contributed by atoms with van der Waals surface area (Å²) < 4.78 is 0. The summed E-state index contributed by atoms with van der Waals surface area (Å²) >= 11 is 1.31. The van der Waals surface area contributed by atoms with Gasteiger partial charge in [0, 0.05) is 34.9 Å². The predicted octanol–water partition coefficient (Wildman–Crippen LogP) is 5.97. The molecule has 1 saturated heterocycles. The van der Waals surface area contributed by atoms with Crippen molar-refractivity contribution in [1.82, 2.24) is 0 Å². The number of nitrogens with zero attached hydrogens (tertiary/aromatic N) is 2. The molecule has 0 bridgehead atoms. The number of rotatable bonds is 4. The highest BCUT2D eigenvalue weighted by Gasteiger charge is 2.71. The Morgan fingerprint density at radius 1 is 0.872 bits per heavy atom. The average Bonchev–Trinajstić information content (AvgIpc) is 3.66. The standard InChI is InChI=1S/C31H20N2O5S/c34-28(24-10-5-17-39-24)27-26(19-11-14-20(15-12-19)33(37)38)31(29(35)21-7-2-3-8-22(21)30(31)36)25-16-13-18-6-1-4-9-23(18)32(25)27/h1-17,25-27H/t25-,26+,27+/m1/s1. The van der Waals surface area contributed by atoms with Crippen molar-refractivity contribution < 1.29 is 19.3 Å². The molecule has 0 saturated carbocycles. The van der Waals surface area contributed by atoms with Crippen LogP contribution in [-0.2, 0) is 0 Å². The van der Waals surface area contributed by atoms with E-state index in [-0.39, 0.29) is 23.0 Å². The van der Waals surface area contributed by atoms with Crippen molar-refractivity contribution >= 4 is 46.1 Å². The smallest absolute Gasteiger partial charge is 0.269 e. The van der Waals surface area contributed by atoms with Crippen molar-refractivity contribution in [2.75, 3.05) is 4.90 Å². The van der Waals surface area contributed by atoms with Crippen LogP contribution in [0.3, 0.4) is 0 Å². The summed E-state index contributed by atoms with van der Waals surface area (Å²) in [6, 6.07) is 22.2. The van der Waals surface area contributed by atoms with E-state index in [9.17, 15) is 24.5 Å². The number of ketones is 3. The van der Waals surface area contributed by atoms with Crippen molar-refractivity contribution in [3.63, 3.8) is 0 Å². The van der Waals surface area contributed by atoms with Crippen LogP contribution < -0.4 is 4.90 Å². The molecule has 1 spiro atoms. The third-order valence-corrected chi connectivity index (χ3v) is 9.09. The van der Waals surface area contributed by atoms with Gasteiger partial charge in [0.05, 0.1) is 15.8 Å². The van der Waals surface area contributed by atoms with Crippen LogP contribution in [0.4, 0.5) is 11.4 Å².